The fourth-order valence-corrected chi connectivity index (χ4v) is 3.20. The predicted molar refractivity (Wildman–Crippen MR) is 80.5 cm³/mol. The number of rotatable bonds is 1. The van der Waals surface area contributed by atoms with E-state index in [1.165, 1.54) is 6.08 Å². The van der Waals surface area contributed by atoms with Crippen molar-refractivity contribution in [3.05, 3.63) is 11.5 Å². The molecule has 0 aromatic heterocycles. The quantitative estimate of drug-likeness (QED) is 0.666. The van der Waals surface area contributed by atoms with E-state index in [1.807, 2.05) is 20.8 Å². The maximum absolute atomic E-state index is 12.7. The largest absolute Gasteiger partial charge is 1.00 e. The van der Waals surface area contributed by atoms with Crippen molar-refractivity contribution in [1.82, 2.24) is 4.90 Å². The average Bonchev–Trinajstić information content (AvgIpc) is 2.37. The van der Waals surface area contributed by atoms with E-state index >= 15 is 0 Å². The SMILES string of the molecule is CC(C)(C)OC(=O)N1CCC2(CC=C([B-](F)(F)F)CC2)CC1.[K+]. The third-order valence-corrected chi connectivity index (χ3v) is 4.64. The van der Waals surface area contributed by atoms with Crippen LogP contribution in [0.4, 0.5) is 17.7 Å². The second-order valence-corrected chi connectivity index (χ2v) is 7.53. The molecule has 126 valence electrons. The van der Waals surface area contributed by atoms with Gasteiger partial charge in [-0.2, -0.15) is 0 Å². The van der Waals surface area contributed by atoms with Crippen LogP contribution in [0.3, 0.4) is 0 Å². The molecule has 0 saturated carbocycles. The number of nitrogens with zero attached hydrogens (tertiary/aromatic N) is 1. The first kappa shape index (κ1) is 21.5. The van der Waals surface area contributed by atoms with Gasteiger partial charge < -0.3 is 22.6 Å². The molecule has 2 rings (SSSR count). The van der Waals surface area contributed by atoms with Gasteiger partial charge in [0.2, 0.25) is 0 Å². The van der Waals surface area contributed by atoms with Crippen molar-refractivity contribution in [3.8, 4) is 0 Å². The summed E-state index contributed by atoms with van der Waals surface area (Å²) in [6.45, 7) is 1.76. The summed E-state index contributed by atoms with van der Waals surface area (Å²) in [6.07, 6.45) is 3.73. The zero-order chi connectivity index (χ0) is 16.6. The molecule has 3 nitrogen and oxygen atoms in total. The molecule has 0 aromatic carbocycles. The molecular formula is C15H24BF3KNO2. The molecule has 0 bridgehead atoms. The van der Waals surface area contributed by atoms with E-state index in [9.17, 15) is 17.7 Å². The number of hydrogen-bond donors (Lipinski definition) is 0. The summed E-state index contributed by atoms with van der Waals surface area (Å²) in [5.74, 6) is 0. The fraction of sp³-hybridized carbons (Fsp3) is 0.800. The molecule has 1 aliphatic carbocycles. The van der Waals surface area contributed by atoms with Gasteiger partial charge in [-0.05, 0) is 51.9 Å². The van der Waals surface area contributed by atoms with Crippen LogP contribution in [-0.4, -0.2) is 36.7 Å². The molecule has 1 saturated heterocycles. The normalized spacial score (nSPS) is 21.5. The topological polar surface area (TPSA) is 29.5 Å². The first-order valence-corrected chi connectivity index (χ1v) is 7.88. The average molecular weight is 357 g/mol. The number of likely N-dealkylation sites (tertiary alicyclic amines) is 1. The van der Waals surface area contributed by atoms with E-state index in [4.69, 9.17) is 4.74 Å². The maximum atomic E-state index is 12.7. The molecule has 1 aliphatic heterocycles. The Morgan fingerprint density at radius 3 is 2.17 bits per heavy atom. The van der Waals surface area contributed by atoms with Crippen molar-refractivity contribution in [3.63, 3.8) is 0 Å². The first-order valence-electron chi connectivity index (χ1n) is 7.88. The molecule has 8 heteroatoms. The van der Waals surface area contributed by atoms with Crippen LogP contribution in [0, 0.1) is 5.41 Å². The van der Waals surface area contributed by atoms with Gasteiger partial charge in [-0.3, -0.25) is 0 Å². The minimum absolute atomic E-state index is 0. The van der Waals surface area contributed by atoms with Crippen LogP contribution in [0.25, 0.3) is 0 Å². The predicted octanol–water partition coefficient (Wildman–Crippen LogP) is 1.50. The van der Waals surface area contributed by atoms with Gasteiger partial charge in [0.15, 0.2) is 0 Å². The van der Waals surface area contributed by atoms with E-state index in [1.54, 1.807) is 4.90 Å². The maximum Gasteiger partial charge on any atom is 1.00 e. The van der Waals surface area contributed by atoms with Gasteiger partial charge in [0.25, 0.3) is 0 Å². The van der Waals surface area contributed by atoms with Gasteiger partial charge in [-0.15, -0.1) is 11.5 Å². The summed E-state index contributed by atoms with van der Waals surface area (Å²) in [4.78, 5) is 13.7. The van der Waals surface area contributed by atoms with Crippen LogP contribution in [0.2, 0.25) is 0 Å². The van der Waals surface area contributed by atoms with E-state index < -0.39 is 12.6 Å². The van der Waals surface area contributed by atoms with Crippen LogP contribution < -0.4 is 51.4 Å². The summed E-state index contributed by atoms with van der Waals surface area (Å²) >= 11 is 0. The minimum atomic E-state index is -4.84. The first-order chi connectivity index (χ1) is 10.0. The Balaban J connectivity index is 0.00000264. The van der Waals surface area contributed by atoms with Crippen LogP contribution >= 0.6 is 0 Å². The number of carbonyl (C=O) groups excluding carboxylic acids is 1. The molecule has 1 fully saturated rings. The van der Waals surface area contributed by atoms with Gasteiger partial charge in [0.05, 0.1) is 0 Å². The molecule has 0 atom stereocenters. The summed E-state index contributed by atoms with van der Waals surface area (Å²) in [7, 11) is 0. The minimum Gasteiger partial charge on any atom is -0.445 e. The zero-order valence-corrected chi connectivity index (χ0v) is 17.6. The number of ether oxygens (including phenoxy) is 1. The van der Waals surface area contributed by atoms with Crippen molar-refractivity contribution < 1.29 is 73.9 Å². The van der Waals surface area contributed by atoms with Crippen LogP contribution in [0.15, 0.2) is 11.5 Å². The van der Waals surface area contributed by atoms with Crippen LogP contribution in [-0.2, 0) is 4.74 Å². The number of halogens is 3. The Labute approximate surface area is 178 Å². The van der Waals surface area contributed by atoms with Crippen molar-refractivity contribution in [2.45, 2.75) is 58.5 Å². The molecule has 1 amide bonds. The molecule has 1 spiro atoms. The monoisotopic (exact) mass is 357 g/mol. The Hall–Kier alpha value is 0.501. The zero-order valence-electron chi connectivity index (χ0n) is 14.5. The van der Waals surface area contributed by atoms with Gasteiger partial charge in [-0.25, -0.2) is 4.79 Å². The third-order valence-electron chi connectivity index (χ3n) is 4.64. The number of amides is 1. The third kappa shape index (κ3) is 6.06. The Morgan fingerprint density at radius 2 is 1.78 bits per heavy atom. The molecule has 0 aromatic rings. The Bertz CT molecular complexity index is 466. The van der Waals surface area contributed by atoms with Gasteiger partial charge in [0.1, 0.15) is 5.60 Å². The summed E-state index contributed by atoms with van der Waals surface area (Å²) < 4.78 is 43.6. The van der Waals surface area contributed by atoms with Gasteiger partial charge >= 0.3 is 64.5 Å². The number of carbonyl (C=O) groups is 1. The summed E-state index contributed by atoms with van der Waals surface area (Å²) in [6, 6.07) is 0. The Morgan fingerprint density at radius 1 is 1.22 bits per heavy atom. The van der Waals surface area contributed by atoms with Crippen molar-refractivity contribution >= 4 is 13.1 Å². The van der Waals surface area contributed by atoms with E-state index in [2.05, 4.69) is 0 Å². The second kappa shape index (κ2) is 7.81. The Kier molecular flexibility index (Phi) is 7.31. The smallest absolute Gasteiger partial charge is 0.445 e. The number of piperidine rings is 1. The van der Waals surface area contributed by atoms with Crippen molar-refractivity contribution in [2.75, 3.05) is 13.1 Å². The fourth-order valence-electron chi connectivity index (χ4n) is 3.20. The standard InChI is InChI=1S/C15H24BF3NO2.K/c1-14(2,3)22-13(21)20-10-8-15(9-11-20)6-4-12(5-7-15)16(17,18)19;/h4H,5-11H2,1-3H3;/q-1;+1. The number of hydrogen-bond acceptors (Lipinski definition) is 2. The molecule has 23 heavy (non-hydrogen) atoms. The second-order valence-electron chi connectivity index (χ2n) is 7.53. The number of allylic oxidation sites excluding steroid dienone is 2. The van der Waals surface area contributed by atoms with E-state index in [0.29, 0.717) is 25.9 Å². The molecule has 0 N–H and O–H groups in total. The molecule has 1 heterocycles. The van der Waals surface area contributed by atoms with Crippen LogP contribution in [0.5, 0.6) is 0 Å². The van der Waals surface area contributed by atoms with Crippen molar-refractivity contribution in [2.24, 2.45) is 5.41 Å². The van der Waals surface area contributed by atoms with Crippen LogP contribution in [0.1, 0.15) is 52.9 Å². The van der Waals surface area contributed by atoms with Gasteiger partial charge in [-0.1, -0.05) is 6.42 Å². The van der Waals surface area contributed by atoms with Crippen molar-refractivity contribution in [1.29, 1.82) is 0 Å². The summed E-state index contributed by atoms with van der Waals surface area (Å²) in [5.41, 5.74) is -0.924. The van der Waals surface area contributed by atoms with E-state index in [0.717, 1.165) is 12.8 Å². The van der Waals surface area contributed by atoms with E-state index in [-0.39, 0.29) is 74.8 Å². The molecule has 0 unspecified atom stereocenters. The molecule has 2 aliphatic rings. The molecule has 0 radical (unpaired) electrons. The summed E-state index contributed by atoms with van der Waals surface area (Å²) in [5, 5.41) is 0. The molecular weight excluding hydrogens is 333 g/mol. The van der Waals surface area contributed by atoms with Gasteiger partial charge in [0, 0.05) is 13.1 Å².